The van der Waals surface area contributed by atoms with Gasteiger partial charge in [-0.3, -0.25) is 0 Å². The Bertz CT molecular complexity index is 172. The molecule has 0 saturated carbocycles. The van der Waals surface area contributed by atoms with Gasteiger partial charge in [-0.25, -0.2) is 0 Å². The van der Waals surface area contributed by atoms with E-state index in [0.29, 0.717) is 19.8 Å². The molecule has 0 saturated heterocycles. The molecular weight excluding hydrogens is 258 g/mol. The summed E-state index contributed by atoms with van der Waals surface area (Å²) < 4.78 is 11.3. The first-order chi connectivity index (χ1) is 6.83. The van der Waals surface area contributed by atoms with Crippen LogP contribution in [-0.4, -0.2) is 36.3 Å². The minimum absolute atomic E-state index is 0.107. The van der Waals surface area contributed by atoms with Crippen molar-refractivity contribution in [3.63, 3.8) is 0 Å². The van der Waals surface area contributed by atoms with Crippen LogP contribution in [-0.2, 0) is 9.47 Å². The number of rotatable bonds is 8. The second-order valence-corrected chi connectivity index (χ2v) is 5.45. The van der Waals surface area contributed by atoms with Crippen LogP contribution in [0, 0.1) is 0 Å². The lowest BCUT2D eigenvalue weighted by Gasteiger charge is -2.28. The maximum absolute atomic E-state index is 5.74. The Morgan fingerprint density at radius 1 is 1.00 bits per heavy atom. The number of hydrogen-bond donors (Lipinski definition) is 1. The van der Waals surface area contributed by atoms with E-state index in [1.54, 1.807) is 0 Å². The van der Waals surface area contributed by atoms with Gasteiger partial charge in [0.2, 0.25) is 0 Å². The van der Waals surface area contributed by atoms with Crippen molar-refractivity contribution in [3.8, 4) is 0 Å². The summed E-state index contributed by atoms with van der Waals surface area (Å²) in [4.78, 5) is 0. The van der Waals surface area contributed by atoms with E-state index < -0.39 is 0 Å². The van der Waals surface area contributed by atoms with Crippen molar-refractivity contribution in [1.82, 2.24) is 0 Å². The van der Waals surface area contributed by atoms with Crippen LogP contribution in [0.3, 0.4) is 0 Å². The molecular formula is C11H24BrNO2. The summed E-state index contributed by atoms with van der Waals surface area (Å²) in [5, 5.41) is 0.837. The minimum Gasteiger partial charge on any atom is -0.375 e. The molecule has 0 bridgehead atoms. The first-order valence-electron chi connectivity index (χ1n) is 5.37. The van der Waals surface area contributed by atoms with E-state index in [1.807, 2.05) is 0 Å². The van der Waals surface area contributed by atoms with E-state index in [2.05, 4.69) is 43.6 Å². The van der Waals surface area contributed by atoms with Crippen LogP contribution in [0.2, 0.25) is 0 Å². The van der Waals surface area contributed by atoms with Crippen LogP contribution >= 0.6 is 15.9 Å². The summed E-state index contributed by atoms with van der Waals surface area (Å²) >= 11 is 3.42. The average Bonchev–Trinajstić information content (AvgIpc) is 2.14. The quantitative estimate of drug-likeness (QED) is 0.695. The molecule has 0 aromatic carbocycles. The number of alkyl halides is 1. The fourth-order valence-electron chi connectivity index (χ4n) is 1.02. The molecule has 0 radical (unpaired) electrons. The second-order valence-electron chi connectivity index (χ2n) is 4.89. The summed E-state index contributed by atoms with van der Waals surface area (Å²) in [6.07, 6.45) is 0.878. The van der Waals surface area contributed by atoms with Crippen LogP contribution in [0.1, 0.15) is 34.1 Å². The lowest BCUT2D eigenvalue weighted by molar-refractivity contribution is -0.0626. The van der Waals surface area contributed by atoms with Crippen molar-refractivity contribution < 1.29 is 9.47 Å². The molecule has 0 amide bonds. The van der Waals surface area contributed by atoms with Gasteiger partial charge in [0, 0.05) is 11.9 Å². The summed E-state index contributed by atoms with van der Waals surface area (Å²) in [7, 11) is 0. The molecule has 0 aromatic heterocycles. The molecule has 0 heterocycles. The van der Waals surface area contributed by atoms with E-state index in [1.165, 1.54) is 0 Å². The van der Waals surface area contributed by atoms with Gasteiger partial charge in [0.25, 0.3) is 0 Å². The highest BCUT2D eigenvalue weighted by molar-refractivity contribution is 9.09. The van der Waals surface area contributed by atoms with Crippen molar-refractivity contribution in [2.24, 2.45) is 5.73 Å². The van der Waals surface area contributed by atoms with Crippen molar-refractivity contribution in [2.45, 2.75) is 45.3 Å². The smallest absolute Gasteiger partial charge is 0.0722 e. The molecule has 15 heavy (non-hydrogen) atoms. The standard InChI is InChI=1S/C11H24BrNO2/c1-10(2,15-8-6-13)5-7-14-11(3,4)9-12/h5-9,13H2,1-4H3. The van der Waals surface area contributed by atoms with E-state index in [9.17, 15) is 0 Å². The molecule has 0 atom stereocenters. The highest BCUT2D eigenvalue weighted by Gasteiger charge is 2.21. The van der Waals surface area contributed by atoms with E-state index >= 15 is 0 Å². The monoisotopic (exact) mass is 281 g/mol. The summed E-state index contributed by atoms with van der Waals surface area (Å²) in [6, 6.07) is 0. The Labute approximate surface area is 102 Å². The highest BCUT2D eigenvalue weighted by Crippen LogP contribution is 2.18. The van der Waals surface area contributed by atoms with Crippen LogP contribution in [0.15, 0.2) is 0 Å². The summed E-state index contributed by atoms with van der Waals surface area (Å²) in [5.74, 6) is 0. The molecule has 3 nitrogen and oxygen atoms in total. The largest absolute Gasteiger partial charge is 0.375 e. The lowest BCUT2D eigenvalue weighted by Crippen LogP contribution is -2.32. The molecule has 0 rings (SSSR count). The van der Waals surface area contributed by atoms with Gasteiger partial charge >= 0.3 is 0 Å². The van der Waals surface area contributed by atoms with Crippen molar-refractivity contribution in [2.75, 3.05) is 25.1 Å². The molecule has 2 N–H and O–H groups in total. The van der Waals surface area contributed by atoms with Gasteiger partial charge in [0.1, 0.15) is 0 Å². The predicted molar refractivity (Wildman–Crippen MR) is 67.5 cm³/mol. The third kappa shape index (κ3) is 8.20. The van der Waals surface area contributed by atoms with E-state index in [-0.39, 0.29) is 11.2 Å². The Morgan fingerprint density at radius 3 is 2.00 bits per heavy atom. The van der Waals surface area contributed by atoms with Gasteiger partial charge < -0.3 is 15.2 Å². The van der Waals surface area contributed by atoms with Crippen molar-refractivity contribution >= 4 is 15.9 Å². The minimum atomic E-state index is -0.151. The summed E-state index contributed by atoms with van der Waals surface area (Å²) in [6.45, 7) is 10.1. The van der Waals surface area contributed by atoms with Gasteiger partial charge in [-0.1, -0.05) is 15.9 Å². The third-order valence-corrected chi connectivity index (χ3v) is 3.48. The number of ether oxygens (including phenoxy) is 2. The molecule has 0 aromatic rings. The Hall–Kier alpha value is 0.360. The zero-order chi connectivity index (χ0) is 11.9. The van der Waals surface area contributed by atoms with Crippen LogP contribution in [0.5, 0.6) is 0 Å². The molecule has 0 aliphatic rings. The molecule has 92 valence electrons. The second kappa shape index (κ2) is 6.84. The maximum atomic E-state index is 5.74. The fraction of sp³-hybridized carbons (Fsp3) is 1.00. The van der Waals surface area contributed by atoms with Gasteiger partial charge in [-0.15, -0.1) is 0 Å². The van der Waals surface area contributed by atoms with Crippen LogP contribution in [0.25, 0.3) is 0 Å². The van der Waals surface area contributed by atoms with Crippen molar-refractivity contribution in [1.29, 1.82) is 0 Å². The average molecular weight is 282 g/mol. The van der Waals surface area contributed by atoms with Crippen LogP contribution < -0.4 is 5.73 Å². The topological polar surface area (TPSA) is 44.5 Å². The Kier molecular flexibility index (Phi) is 7.00. The molecule has 0 aliphatic carbocycles. The molecule has 0 aliphatic heterocycles. The number of hydrogen-bond acceptors (Lipinski definition) is 3. The summed E-state index contributed by atoms with van der Waals surface area (Å²) in [5.41, 5.74) is 5.13. The Morgan fingerprint density at radius 2 is 1.53 bits per heavy atom. The fourth-order valence-corrected chi connectivity index (χ4v) is 1.18. The van der Waals surface area contributed by atoms with Gasteiger partial charge in [-0.2, -0.15) is 0 Å². The number of halogens is 1. The first kappa shape index (κ1) is 15.4. The van der Waals surface area contributed by atoms with E-state index in [4.69, 9.17) is 15.2 Å². The zero-order valence-corrected chi connectivity index (χ0v) is 11.9. The first-order valence-corrected chi connectivity index (χ1v) is 6.49. The Balaban J connectivity index is 3.74. The SMILES string of the molecule is CC(C)(CBr)OCCC(C)(C)OCCN. The molecule has 0 unspecified atom stereocenters. The molecule has 4 heteroatoms. The lowest BCUT2D eigenvalue weighted by atomic mass is 10.1. The normalized spacial score (nSPS) is 13.2. The maximum Gasteiger partial charge on any atom is 0.0722 e. The molecule has 0 fully saturated rings. The number of nitrogens with two attached hydrogens (primary N) is 1. The van der Waals surface area contributed by atoms with Gasteiger partial charge in [-0.05, 0) is 34.1 Å². The zero-order valence-electron chi connectivity index (χ0n) is 10.3. The van der Waals surface area contributed by atoms with Crippen molar-refractivity contribution in [3.05, 3.63) is 0 Å². The van der Waals surface area contributed by atoms with Gasteiger partial charge in [0.15, 0.2) is 0 Å². The molecule has 0 spiro atoms. The van der Waals surface area contributed by atoms with Crippen LogP contribution in [0.4, 0.5) is 0 Å². The highest BCUT2D eigenvalue weighted by atomic mass is 79.9. The third-order valence-electron chi connectivity index (χ3n) is 2.13. The predicted octanol–water partition coefficient (Wildman–Crippen LogP) is 2.32. The van der Waals surface area contributed by atoms with E-state index in [0.717, 1.165) is 11.8 Å². The van der Waals surface area contributed by atoms with Gasteiger partial charge in [0.05, 0.1) is 24.4 Å².